The highest BCUT2D eigenvalue weighted by atomic mass is 32.2. The number of ether oxygens (including phenoxy) is 2. The molecule has 0 N–H and O–H groups in total. The third kappa shape index (κ3) is 5.02. The molecule has 1 heterocycles. The summed E-state index contributed by atoms with van der Waals surface area (Å²) in [6.07, 6.45) is 0. The van der Waals surface area contributed by atoms with Crippen molar-refractivity contribution < 1.29 is 31.9 Å². The first kappa shape index (κ1) is 21.3. The fraction of sp³-hybridized carbons (Fsp3) is 0.529. The molecule has 0 unspecified atom stereocenters. The summed E-state index contributed by atoms with van der Waals surface area (Å²) in [5.74, 6) is -2.42. The number of amides is 1. The zero-order valence-electron chi connectivity index (χ0n) is 15.3. The second kappa shape index (κ2) is 9.25. The standard InChI is InChI=1S/C17H23FN2O6S/c1-3-19(4-2)16(21)12-26-17(22)14-11-13(5-6-15(14)18)27(23,24)20-7-9-25-10-8-20/h5-6,11H,3-4,7-10,12H2,1-2H3. The minimum Gasteiger partial charge on any atom is -0.452 e. The molecule has 0 atom stereocenters. The van der Waals surface area contributed by atoms with Gasteiger partial charge in [-0.1, -0.05) is 0 Å². The Bertz CT molecular complexity index is 789. The van der Waals surface area contributed by atoms with E-state index in [1.165, 1.54) is 9.21 Å². The summed E-state index contributed by atoms with van der Waals surface area (Å²) >= 11 is 0. The molecule has 1 fully saturated rings. The summed E-state index contributed by atoms with van der Waals surface area (Å²) in [6.45, 7) is 4.82. The van der Waals surface area contributed by atoms with Crippen LogP contribution in [-0.4, -0.2) is 75.5 Å². The van der Waals surface area contributed by atoms with Gasteiger partial charge in [0, 0.05) is 26.2 Å². The van der Waals surface area contributed by atoms with Crippen LogP contribution in [0.15, 0.2) is 23.1 Å². The zero-order chi connectivity index (χ0) is 20.0. The van der Waals surface area contributed by atoms with Crippen LogP contribution >= 0.6 is 0 Å². The average molecular weight is 402 g/mol. The molecule has 2 rings (SSSR count). The third-order valence-corrected chi connectivity index (χ3v) is 6.10. The minimum atomic E-state index is -3.88. The maximum Gasteiger partial charge on any atom is 0.341 e. The molecule has 8 nitrogen and oxygen atoms in total. The quantitative estimate of drug-likeness (QED) is 0.629. The van der Waals surface area contributed by atoms with Gasteiger partial charge in [0.15, 0.2) is 6.61 Å². The van der Waals surface area contributed by atoms with Crippen LogP contribution in [0.25, 0.3) is 0 Å². The van der Waals surface area contributed by atoms with E-state index in [4.69, 9.17) is 9.47 Å². The van der Waals surface area contributed by atoms with Crippen LogP contribution in [0.1, 0.15) is 24.2 Å². The Morgan fingerprint density at radius 3 is 2.44 bits per heavy atom. The highest BCUT2D eigenvalue weighted by molar-refractivity contribution is 7.89. The Kier molecular flexibility index (Phi) is 7.28. The number of halogens is 1. The predicted octanol–water partition coefficient (Wildman–Crippen LogP) is 0.872. The van der Waals surface area contributed by atoms with Gasteiger partial charge in [-0.05, 0) is 32.0 Å². The molecule has 1 aromatic carbocycles. The molecule has 0 aliphatic carbocycles. The molecule has 0 saturated carbocycles. The highest BCUT2D eigenvalue weighted by Gasteiger charge is 2.28. The Labute approximate surface area is 157 Å². The van der Waals surface area contributed by atoms with Gasteiger partial charge in [-0.25, -0.2) is 17.6 Å². The number of hydrogen-bond donors (Lipinski definition) is 0. The zero-order valence-corrected chi connectivity index (χ0v) is 16.1. The molecule has 0 radical (unpaired) electrons. The Morgan fingerprint density at radius 2 is 1.85 bits per heavy atom. The van der Waals surface area contributed by atoms with Crippen molar-refractivity contribution in [2.45, 2.75) is 18.7 Å². The fourth-order valence-corrected chi connectivity index (χ4v) is 4.06. The lowest BCUT2D eigenvalue weighted by Gasteiger charge is -2.26. The van der Waals surface area contributed by atoms with Crippen molar-refractivity contribution >= 4 is 21.9 Å². The Hall–Kier alpha value is -2.04. The summed E-state index contributed by atoms with van der Waals surface area (Å²) in [4.78, 5) is 25.3. The van der Waals surface area contributed by atoms with E-state index < -0.39 is 39.9 Å². The van der Waals surface area contributed by atoms with Crippen LogP contribution in [0.3, 0.4) is 0 Å². The van der Waals surface area contributed by atoms with E-state index in [2.05, 4.69) is 0 Å². The normalized spacial score (nSPS) is 15.4. The van der Waals surface area contributed by atoms with Crippen LogP contribution in [0.5, 0.6) is 0 Å². The lowest BCUT2D eigenvalue weighted by atomic mass is 10.2. The molecule has 0 aromatic heterocycles. The predicted molar refractivity (Wildman–Crippen MR) is 94.2 cm³/mol. The lowest BCUT2D eigenvalue weighted by molar-refractivity contribution is -0.134. The second-order valence-electron chi connectivity index (χ2n) is 5.80. The molecule has 10 heteroatoms. The summed E-state index contributed by atoms with van der Waals surface area (Å²) in [5.41, 5.74) is -0.531. The van der Waals surface area contributed by atoms with Gasteiger partial charge in [-0.2, -0.15) is 4.31 Å². The van der Waals surface area contributed by atoms with Crippen molar-refractivity contribution in [3.05, 3.63) is 29.6 Å². The van der Waals surface area contributed by atoms with Gasteiger partial charge in [-0.3, -0.25) is 4.79 Å². The minimum absolute atomic E-state index is 0.178. The molecule has 0 spiro atoms. The fourth-order valence-electron chi connectivity index (χ4n) is 2.63. The first-order chi connectivity index (χ1) is 12.8. The summed E-state index contributed by atoms with van der Waals surface area (Å²) in [7, 11) is -3.88. The van der Waals surface area contributed by atoms with Crippen LogP contribution < -0.4 is 0 Å². The molecule has 1 saturated heterocycles. The first-order valence-electron chi connectivity index (χ1n) is 8.63. The first-order valence-corrected chi connectivity index (χ1v) is 10.1. The molecule has 0 bridgehead atoms. The van der Waals surface area contributed by atoms with E-state index in [9.17, 15) is 22.4 Å². The van der Waals surface area contributed by atoms with E-state index in [1.54, 1.807) is 13.8 Å². The molecule has 150 valence electrons. The maximum absolute atomic E-state index is 14.0. The van der Waals surface area contributed by atoms with Crippen LogP contribution in [0, 0.1) is 5.82 Å². The van der Waals surface area contributed by atoms with Gasteiger partial charge in [0.25, 0.3) is 5.91 Å². The average Bonchev–Trinajstić information content (AvgIpc) is 2.68. The van der Waals surface area contributed by atoms with Crippen LogP contribution in [-0.2, 0) is 24.3 Å². The van der Waals surface area contributed by atoms with Gasteiger partial charge in [-0.15, -0.1) is 0 Å². The monoisotopic (exact) mass is 402 g/mol. The molecular formula is C17H23FN2O6S. The van der Waals surface area contributed by atoms with E-state index in [-0.39, 0.29) is 31.2 Å². The van der Waals surface area contributed by atoms with Gasteiger partial charge in [0.2, 0.25) is 10.0 Å². The largest absolute Gasteiger partial charge is 0.452 e. The number of esters is 1. The van der Waals surface area contributed by atoms with Gasteiger partial charge >= 0.3 is 5.97 Å². The van der Waals surface area contributed by atoms with Crippen molar-refractivity contribution in [2.24, 2.45) is 0 Å². The number of morpholine rings is 1. The van der Waals surface area contributed by atoms with Crippen molar-refractivity contribution in [3.8, 4) is 0 Å². The number of rotatable bonds is 7. The van der Waals surface area contributed by atoms with E-state index in [0.29, 0.717) is 13.1 Å². The molecule has 1 aliphatic heterocycles. The summed E-state index contributed by atoms with van der Waals surface area (Å²) < 4.78 is 50.5. The molecular weight excluding hydrogens is 379 g/mol. The van der Waals surface area contributed by atoms with E-state index >= 15 is 0 Å². The molecule has 1 aliphatic rings. The van der Waals surface area contributed by atoms with E-state index in [0.717, 1.165) is 18.2 Å². The maximum atomic E-state index is 14.0. The number of benzene rings is 1. The highest BCUT2D eigenvalue weighted by Crippen LogP contribution is 2.21. The van der Waals surface area contributed by atoms with Crippen molar-refractivity contribution in [1.82, 2.24) is 9.21 Å². The summed E-state index contributed by atoms with van der Waals surface area (Å²) in [6, 6.07) is 2.93. The van der Waals surface area contributed by atoms with Crippen LogP contribution in [0.4, 0.5) is 4.39 Å². The van der Waals surface area contributed by atoms with Gasteiger partial charge < -0.3 is 14.4 Å². The summed E-state index contributed by atoms with van der Waals surface area (Å²) in [5, 5.41) is 0. The molecule has 1 amide bonds. The number of likely N-dealkylation sites (N-methyl/N-ethyl adjacent to an activating group) is 1. The SMILES string of the molecule is CCN(CC)C(=O)COC(=O)c1cc(S(=O)(=O)N2CCOCC2)ccc1F. The number of hydrogen-bond acceptors (Lipinski definition) is 6. The number of carbonyl (C=O) groups excluding carboxylic acids is 2. The van der Waals surface area contributed by atoms with E-state index in [1.807, 2.05) is 0 Å². The number of sulfonamides is 1. The number of carbonyl (C=O) groups is 2. The topological polar surface area (TPSA) is 93.2 Å². The van der Waals surface area contributed by atoms with Crippen molar-refractivity contribution in [3.63, 3.8) is 0 Å². The lowest BCUT2D eigenvalue weighted by Crippen LogP contribution is -2.40. The van der Waals surface area contributed by atoms with Gasteiger partial charge in [0.1, 0.15) is 5.82 Å². The molecule has 1 aromatic rings. The van der Waals surface area contributed by atoms with Gasteiger partial charge in [0.05, 0.1) is 23.7 Å². The number of nitrogens with zero attached hydrogens (tertiary/aromatic N) is 2. The third-order valence-electron chi connectivity index (χ3n) is 4.21. The smallest absolute Gasteiger partial charge is 0.341 e. The van der Waals surface area contributed by atoms with Crippen molar-refractivity contribution in [1.29, 1.82) is 0 Å². The van der Waals surface area contributed by atoms with Crippen LogP contribution in [0.2, 0.25) is 0 Å². The second-order valence-corrected chi connectivity index (χ2v) is 7.74. The Balaban J connectivity index is 2.16. The van der Waals surface area contributed by atoms with Crippen molar-refractivity contribution in [2.75, 3.05) is 46.0 Å². The Morgan fingerprint density at radius 1 is 1.22 bits per heavy atom. The molecule has 27 heavy (non-hydrogen) atoms.